The minimum atomic E-state index is -3.56. The van der Waals surface area contributed by atoms with Crippen LogP contribution in [0.5, 0.6) is 0 Å². The number of nitrogens with two attached hydrogens (primary N) is 1. The van der Waals surface area contributed by atoms with Gasteiger partial charge in [-0.05, 0) is 29.3 Å². The van der Waals surface area contributed by atoms with E-state index in [1.165, 1.54) is 12.1 Å². The highest BCUT2D eigenvalue weighted by molar-refractivity contribution is 6.31. The molecule has 180 valence electrons. The molecular formula is C22H21Cl2F3N5O2+. The van der Waals surface area contributed by atoms with E-state index in [0.29, 0.717) is 10.6 Å². The number of rotatable bonds is 9. The zero-order chi connectivity index (χ0) is 24.9. The van der Waals surface area contributed by atoms with E-state index in [0.717, 1.165) is 24.0 Å². The second kappa shape index (κ2) is 10.9. The molecule has 34 heavy (non-hydrogen) atoms. The molecule has 0 bridgehead atoms. The third-order valence-corrected chi connectivity index (χ3v) is 5.52. The Bertz CT molecular complexity index is 1200. The van der Waals surface area contributed by atoms with Crippen LogP contribution in [0.15, 0.2) is 48.8 Å². The smallest absolute Gasteiger partial charge is 0.351 e. The predicted molar refractivity (Wildman–Crippen MR) is 120 cm³/mol. The Labute approximate surface area is 203 Å². The van der Waals surface area contributed by atoms with Gasteiger partial charge in [-0.1, -0.05) is 29.3 Å². The van der Waals surface area contributed by atoms with Crippen molar-refractivity contribution in [2.75, 3.05) is 11.9 Å². The summed E-state index contributed by atoms with van der Waals surface area (Å²) < 4.78 is 44.2. The van der Waals surface area contributed by atoms with Crippen molar-refractivity contribution in [1.82, 2.24) is 10.3 Å². The van der Waals surface area contributed by atoms with Gasteiger partial charge in [0.1, 0.15) is 0 Å². The molecule has 0 radical (unpaired) electrons. The van der Waals surface area contributed by atoms with Gasteiger partial charge in [0.2, 0.25) is 12.1 Å². The quantitative estimate of drug-likeness (QED) is 0.258. The summed E-state index contributed by atoms with van der Waals surface area (Å²) in [6.07, 6.45) is 1.65. The summed E-state index contributed by atoms with van der Waals surface area (Å²) in [7, 11) is 0. The van der Waals surface area contributed by atoms with Gasteiger partial charge in [0, 0.05) is 46.7 Å². The average molecular weight is 515 g/mol. The molecule has 2 heterocycles. The number of amides is 1. The van der Waals surface area contributed by atoms with Gasteiger partial charge in [-0.3, -0.25) is 10.0 Å². The summed E-state index contributed by atoms with van der Waals surface area (Å²) >= 11 is 12.0. The van der Waals surface area contributed by atoms with E-state index in [1.54, 1.807) is 18.2 Å². The Morgan fingerprint density at radius 1 is 1.21 bits per heavy atom. The monoisotopic (exact) mass is 514 g/mol. The molecule has 0 aliphatic carbocycles. The first-order valence-corrected chi connectivity index (χ1v) is 10.8. The number of carbonyl (C=O) groups excluding carboxylic acids is 1. The summed E-state index contributed by atoms with van der Waals surface area (Å²) in [4.78, 5) is 16.1. The summed E-state index contributed by atoms with van der Waals surface area (Å²) in [6.45, 7) is -0.719. The maximum Gasteiger partial charge on any atom is 0.351 e. The van der Waals surface area contributed by atoms with Gasteiger partial charge in [0.05, 0.1) is 18.0 Å². The summed E-state index contributed by atoms with van der Waals surface area (Å²) in [5.41, 5.74) is 6.27. The highest BCUT2D eigenvalue weighted by atomic mass is 35.5. The molecule has 2 aromatic heterocycles. The summed E-state index contributed by atoms with van der Waals surface area (Å²) in [5, 5.41) is 14.8. The molecule has 0 fully saturated rings. The molecular weight excluding hydrogens is 494 g/mol. The van der Waals surface area contributed by atoms with Crippen LogP contribution < -0.4 is 21.1 Å². The normalized spacial score (nSPS) is 11.4. The lowest BCUT2D eigenvalue weighted by Crippen LogP contribution is -2.43. The fraction of sp³-hybridized carbons (Fsp3) is 0.227. The highest BCUT2D eigenvalue weighted by Gasteiger charge is 2.41. The van der Waals surface area contributed by atoms with Gasteiger partial charge in [0.15, 0.2) is 11.6 Å². The van der Waals surface area contributed by atoms with Gasteiger partial charge < -0.3 is 16.4 Å². The number of hydrogen-bond acceptors (Lipinski definition) is 5. The largest absolute Gasteiger partial charge is 0.361 e. The molecule has 0 unspecified atom stereocenters. The van der Waals surface area contributed by atoms with Crippen molar-refractivity contribution in [2.45, 2.75) is 25.4 Å². The molecule has 0 aliphatic rings. The van der Waals surface area contributed by atoms with E-state index in [2.05, 4.69) is 15.6 Å². The second-order valence-corrected chi connectivity index (χ2v) is 8.15. The molecule has 0 aliphatic heterocycles. The molecule has 3 rings (SSSR count). The second-order valence-electron chi connectivity index (χ2n) is 7.31. The molecule has 0 saturated carbocycles. The summed E-state index contributed by atoms with van der Waals surface area (Å²) in [5.74, 6) is -5.66. The molecule has 1 aromatic carbocycles. The number of aromatic nitrogens is 2. The summed E-state index contributed by atoms with van der Waals surface area (Å²) in [6, 6.07) is 8.80. The first-order valence-electron chi connectivity index (χ1n) is 10.0. The van der Waals surface area contributed by atoms with E-state index in [4.69, 9.17) is 28.9 Å². The number of alkyl halides is 2. The SMILES string of the molecule is NCc1ccc(Cl)cc1CNC(=O)Cc1c(Cl)cnc(NCC(F)(F)c2cccc[n+]2O)c1F. The van der Waals surface area contributed by atoms with Crippen LogP contribution in [-0.2, 0) is 30.2 Å². The Kier molecular flexibility index (Phi) is 8.19. The van der Waals surface area contributed by atoms with Crippen LogP contribution in [0.1, 0.15) is 22.4 Å². The zero-order valence-corrected chi connectivity index (χ0v) is 19.2. The Morgan fingerprint density at radius 3 is 2.68 bits per heavy atom. The standard InChI is InChI=1S/C22H20Cl2F3N5O2/c23-15-5-4-13(9-28)14(7-15)10-29-19(33)8-16-17(24)11-30-21(20(16)25)31-12-22(26,27)18-3-1-2-6-32(18)34/h1-7,11H,8-10,12,28H2,(H2-,29,30,31,33,34)/p+1. The minimum Gasteiger partial charge on any atom is -0.361 e. The molecule has 0 saturated heterocycles. The third kappa shape index (κ3) is 6.07. The molecule has 0 spiro atoms. The van der Waals surface area contributed by atoms with Crippen LogP contribution >= 0.6 is 23.2 Å². The zero-order valence-electron chi connectivity index (χ0n) is 17.7. The Hall–Kier alpha value is -3.08. The van der Waals surface area contributed by atoms with E-state index in [9.17, 15) is 23.2 Å². The van der Waals surface area contributed by atoms with Crippen molar-refractivity contribution in [1.29, 1.82) is 0 Å². The highest BCUT2D eigenvalue weighted by Crippen LogP contribution is 2.28. The molecule has 12 heteroatoms. The number of pyridine rings is 2. The number of hydrogen-bond donors (Lipinski definition) is 4. The van der Waals surface area contributed by atoms with E-state index >= 15 is 0 Å². The van der Waals surface area contributed by atoms with Gasteiger partial charge >= 0.3 is 11.6 Å². The van der Waals surface area contributed by atoms with Crippen molar-refractivity contribution in [2.24, 2.45) is 5.73 Å². The lowest BCUT2D eigenvalue weighted by atomic mass is 10.1. The molecule has 3 aromatic rings. The molecule has 7 nitrogen and oxygen atoms in total. The van der Waals surface area contributed by atoms with E-state index in [-0.39, 0.29) is 28.4 Å². The lowest BCUT2D eigenvalue weighted by molar-refractivity contribution is -0.913. The fourth-order valence-corrected chi connectivity index (χ4v) is 3.57. The van der Waals surface area contributed by atoms with Crippen LogP contribution in [0.4, 0.5) is 19.0 Å². The third-order valence-electron chi connectivity index (χ3n) is 4.96. The number of carbonyl (C=O) groups is 1. The van der Waals surface area contributed by atoms with Crippen LogP contribution in [0, 0.1) is 5.82 Å². The number of benzene rings is 1. The Balaban J connectivity index is 1.70. The Morgan fingerprint density at radius 2 is 1.97 bits per heavy atom. The van der Waals surface area contributed by atoms with Crippen molar-refractivity contribution in [3.63, 3.8) is 0 Å². The molecule has 5 N–H and O–H groups in total. The minimum absolute atomic E-state index is 0.103. The van der Waals surface area contributed by atoms with Gasteiger partial charge in [-0.2, -0.15) is 8.78 Å². The number of anilines is 1. The topological polar surface area (TPSA) is 104 Å². The number of nitrogens with one attached hydrogen (secondary N) is 2. The first-order chi connectivity index (χ1) is 16.1. The van der Waals surface area contributed by atoms with Gasteiger partial charge in [-0.15, -0.1) is 0 Å². The lowest BCUT2D eigenvalue weighted by Gasteiger charge is -2.16. The van der Waals surface area contributed by atoms with Crippen molar-refractivity contribution >= 4 is 34.9 Å². The molecule has 1 amide bonds. The first kappa shape index (κ1) is 25.5. The fourth-order valence-electron chi connectivity index (χ4n) is 3.17. The maximum atomic E-state index is 15.0. The predicted octanol–water partition coefficient (Wildman–Crippen LogP) is 3.57. The average Bonchev–Trinajstić information content (AvgIpc) is 2.80. The van der Waals surface area contributed by atoms with Crippen LogP contribution in [0.25, 0.3) is 0 Å². The van der Waals surface area contributed by atoms with Crippen molar-refractivity contribution in [3.05, 3.63) is 87.0 Å². The van der Waals surface area contributed by atoms with Crippen molar-refractivity contribution < 1.29 is 27.9 Å². The molecule has 0 atom stereocenters. The van der Waals surface area contributed by atoms with Crippen molar-refractivity contribution in [3.8, 4) is 0 Å². The van der Waals surface area contributed by atoms with Gasteiger partial charge in [-0.25, -0.2) is 9.37 Å². The van der Waals surface area contributed by atoms with Crippen LogP contribution in [0.3, 0.4) is 0 Å². The maximum absolute atomic E-state index is 15.0. The van der Waals surface area contributed by atoms with Gasteiger partial charge in [0.25, 0.3) is 0 Å². The van der Waals surface area contributed by atoms with E-state index < -0.39 is 42.1 Å². The van der Waals surface area contributed by atoms with Crippen LogP contribution in [0.2, 0.25) is 10.0 Å². The number of nitrogens with zero attached hydrogens (tertiary/aromatic N) is 2. The number of halogens is 5. The van der Waals surface area contributed by atoms with Crippen LogP contribution in [-0.4, -0.2) is 22.6 Å². The van der Waals surface area contributed by atoms with E-state index in [1.807, 2.05) is 0 Å².